The zero-order valence-corrected chi connectivity index (χ0v) is 32.3. The summed E-state index contributed by atoms with van der Waals surface area (Å²) in [6.07, 6.45) is 22.5. The van der Waals surface area contributed by atoms with Crippen molar-refractivity contribution in [2.24, 2.45) is 11.8 Å². The summed E-state index contributed by atoms with van der Waals surface area (Å²) in [4.78, 5) is 12.7. The molecule has 1 fully saturated rings. The van der Waals surface area contributed by atoms with E-state index in [0.29, 0.717) is 13.0 Å². The van der Waals surface area contributed by atoms with Gasteiger partial charge in [-0.25, -0.2) is 0 Å². The number of carbonyl (C=O) groups excluding carboxylic acids is 1. The Labute approximate surface area is 301 Å². The monoisotopic (exact) mass is 701 g/mol. The molecule has 0 radical (unpaired) electrons. The van der Waals surface area contributed by atoms with Gasteiger partial charge in [-0.2, -0.15) is 0 Å². The lowest BCUT2D eigenvalue weighted by Gasteiger charge is -2.24. The van der Waals surface area contributed by atoms with Crippen LogP contribution in [0.4, 0.5) is 0 Å². The van der Waals surface area contributed by atoms with E-state index >= 15 is 0 Å². The van der Waals surface area contributed by atoms with Crippen LogP contribution in [0.2, 0.25) is 0 Å². The topological polar surface area (TPSA) is 126 Å². The SMILES string of the molecule is CCCCCCC(C)CCCCCCCCCOC[C@@H](COC1C(O)[C@@H](O)[C@@H](O)C1O)OC(=O)CCCCCCCC(C)CCCCCC. The van der Waals surface area contributed by atoms with Gasteiger partial charge in [0.2, 0.25) is 0 Å². The number of hydrogen-bond acceptors (Lipinski definition) is 8. The van der Waals surface area contributed by atoms with Crippen LogP contribution < -0.4 is 0 Å². The van der Waals surface area contributed by atoms with Crippen LogP contribution in [0.25, 0.3) is 0 Å². The maximum Gasteiger partial charge on any atom is 0.306 e. The zero-order valence-electron chi connectivity index (χ0n) is 32.3. The van der Waals surface area contributed by atoms with Crippen LogP contribution in [0.3, 0.4) is 0 Å². The largest absolute Gasteiger partial charge is 0.457 e. The summed E-state index contributed by atoms with van der Waals surface area (Å²) in [6, 6.07) is 0. The molecule has 8 heteroatoms. The third-order valence-corrected chi connectivity index (χ3v) is 10.5. The minimum absolute atomic E-state index is 0.0993. The summed E-state index contributed by atoms with van der Waals surface area (Å²) in [5.74, 6) is 1.34. The molecule has 1 aliphatic carbocycles. The predicted octanol–water partition coefficient (Wildman–Crippen LogP) is 8.82. The molecular formula is C41H80O8. The van der Waals surface area contributed by atoms with Gasteiger partial charge in [-0.3, -0.25) is 4.79 Å². The Hall–Kier alpha value is -0.770. The molecule has 292 valence electrons. The van der Waals surface area contributed by atoms with Crippen molar-refractivity contribution in [2.75, 3.05) is 19.8 Å². The van der Waals surface area contributed by atoms with E-state index in [-0.39, 0.29) is 19.2 Å². The lowest BCUT2D eigenvalue weighted by atomic mass is 9.96. The van der Waals surface area contributed by atoms with E-state index in [1.807, 2.05) is 0 Å². The molecule has 0 aromatic carbocycles. The second-order valence-electron chi connectivity index (χ2n) is 15.4. The Kier molecular flexibility index (Phi) is 29.1. The first-order valence-corrected chi connectivity index (χ1v) is 20.8. The van der Waals surface area contributed by atoms with Crippen LogP contribution >= 0.6 is 0 Å². The molecule has 1 aliphatic rings. The normalized spacial score (nSPS) is 22.7. The summed E-state index contributed by atoms with van der Waals surface area (Å²) in [5.41, 5.74) is 0. The zero-order chi connectivity index (χ0) is 36.1. The summed E-state index contributed by atoms with van der Waals surface area (Å²) in [5, 5.41) is 40.2. The fraction of sp³-hybridized carbons (Fsp3) is 0.976. The number of carbonyl (C=O) groups is 1. The molecule has 1 saturated carbocycles. The maximum absolute atomic E-state index is 12.7. The van der Waals surface area contributed by atoms with Gasteiger partial charge in [0.05, 0.1) is 13.2 Å². The van der Waals surface area contributed by atoms with Gasteiger partial charge < -0.3 is 34.6 Å². The maximum atomic E-state index is 12.7. The van der Waals surface area contributed by atoms with Gasteiger partial charge in [-0.1, -0.05) is 169 Å². The van der Waals surface area contributed by atoms with E-state index in [1.54, 1.807) is 0 Å². The van der Waals surface area contributed by atoms with Crippen LogP contribution in [0.1, 0.15) is 188 Å². The first-order chi connectivity index (χ1) is 23.7. The molecule has 0 bridgehead atoms. The third-order valence-electron chi connectivity index (χ3n) is 10.5. The number of aliphatic hydroxyl groups is 4. The third kappa shape index (κ3) is 23.4. The molecule has 8 nitrogen and oxygen atoms in total. The standard InChI is InChI=1S/C41H80O8/c1-5-7-9-19-25-33(3)27-21-15-12-11-13-18-24-30-47-31-35(32-48-41-39(45)37(43)38(44)40(41)46)49-36(42)29-23-17-14-16-22-28-34(4)26-20-10-8-6-2/h33-35,37-41,43-46H,5-32H2,1-4H3/t33?,34?,35-,37-,38+,39?,40?,41?/m0/s1. The summed E-state index contributed by atoms with van der Waals surface area (Å²) >= 11 is 0. The van der Waals surface area contributed by atoms with Crippen LogP contribution in [0.5, 0.6) is 0 Å². The lowest BCUT2D eigenvalue weighted by molar-refractivity contribution is -0.163. The van der Waals surface area contributed by atoms with Crippen molar-refractivity contribution in [3.8, 4) is 0 Å². The lowest BCUT2D eigenvalue weighted by Crippen LogP contribution is -2.39. The summed E-state index contributed by atoms with van der Waals surface area (Å²) in [7, 11) is 0. The Morgan fingerprint density at radius 3 is 1.41 bits per heavy atom. The van der Waals surface area contributed by atoms with Gasteiger partial charge in [0.15, 0.2) is 0 Å². The van der Waals surface area contributed by atoms with Gasteiger partial charge in [0.25, 0.3) is 0 Å². The minimum atomic E-state index is -1.49. The number of rotatable bonds is 34. The Balaban J connectivity index is 2.26. The van der Waals surface area contributed by atoms with E-state index in [2.05, 4.69) is 27.7 Å². The molecule has 1 rings (SSSR count). The fourth-order valence-corrected chi connectivity index (χ4v) is 6.99. The molecule has 8 atom stereocenters. The molecule has 4 N–H and O–H groups in total. The van der Waals surface area contributed by atoms with Gasteiger partial charge in [0.1, 0.15) is 36.6 Å². The molecule has 0 aliphatic heterocycles. The fourth-order valence-electron chi connectivity index (χ4n) is 6.99. The smallest absolute Gasteiger partial charge is 0.306 e. The highest BCUT2D eigenvalue weighted by Gasteiger charge is 2.49. The van der Waals surface area contributed by atoms with Gasteiger partial charge in [0, 0.05) is 13.0 Å². The molecule has 5 unspecified atom stereocenters. The van der Waals surface area contributed by atoms with Gasteiger partial charge in [-0.15, -0.1) is 0 Å². The molecular weight excluding hydrogens is 620 g/mol. The van der Waals surface area contributed by atoms with E-state index in [1.165, 1.54) is 122 Å². The highest BCUT2D eigenvalue weighted by atomic mass is 16.6. The highest BCUT2D eigenvalue weighted by Crippen LogP contribution is 2.25. The van der Waals surface area contributed by atoms with E-state index in [9.17, 15) is 25.2 Å². The predicted molar refractivity (Wildman–Crippen MR) is 200 cm³/mol. The quantitative estimate of drug-likeness (QED) is 0.0388. The molecule has 0 aromatic heterocycles. The molecule has 0 spiro atoms. The number of esters is 1. The van der Waals surface area contributed by atoms with Crippen LogP contribution in [0, 0.1) is 11.8 Å². The van der Waals surface area contributed by atoms with Crippen molar-refractivity contribution in [3.63, 3.8) is 0 Å². The average molecular weight is 701 g/mol. The van der Waals surface area contributed by atoms with Gasteiger partial charge in [-0.05, 0) is 24.7 Å². The van der Waals surface area contributed by atoms with Crippen molar-refractivity contribution in [1.82, 2.24) is 0 Å². The van der Waals surface area contributed by atoms with Crippen LogP contribution in [0.15, 0.2) is 0 Å². The Morgan fingerprint density at radius 1 is 0.531 bits per heavy atom. The van der Waals surface area contributed by atoms with Crippen molar-refractivity contribution < 1.29 is 39.4 Å². The first-order valence-electron chi connectivity index (χ1n) is 20.8. The second-order valence-corrected chi connectivity index (χ2v) is 15.4. The van der Waals surface area contributed by atoms with Crippen molar-refractivity contribution in [2.45, 2.75) is 225 Å². The van der Waals surface area contributed by atoms with Crippen LogP contribution in [-0.4, -0.2) is 82.8 Å². The van der Waals surface area contributed by atoms with Crippen molar-refractivity contribution in [3.05, 3.63) is 0 Å². The van der Waals surface area contributed by atoms with Crippen molar-refractivity contribution in [1.29, 1.82) is 0 Å². The molecule has 0 heterocycles. The number of hydrogen-bond donors (Lipinski definition) is 4. The second kappa shape index (κ2) is 30.8. The summed E-state index contributed by atoms with van der Waals surface area (Å²) < 4.78 is 17.2. The average Bonchev–Trinajstić information content (AvgIpc) is 3.26. The Bertz CT molecular complexity index is 737. The highest BCUT2D eigenvalue weighted by molar-refractivity contribution is 5.69. The van der Waals surface area contributed by atoms with Crippen LogP contribution in [-0.2, 0) is 19.0 Å². The summed E-state index contributed by atoms with van der Waals surface area (Å²) in [6.45, 7) is 9.91. The molecule has 0 saturated heterocycles. The van der Waals surface area contributed by atoms with E-state index in [4.69, 9.17) is 14.2 Å². The number of ether oxygens (including phenoxy) is 3. The molecule has 49 heavy (non-hydrogen) atoms. The van der Waals surface area contributed by atoms with Gasteiger partial charge >= 0.3 is 5.97 Å². The minimum Gasteiger partial charge on any atom is -0.457 e. The van der Waals surface area contributed by atoms with E-state index in [0.717, 1.165) is 43.9 Å². The van der Waals surface area contributed by atoms with Crippen molar-refractivity contribution >= 4 is 5.97 Å². The molecule has 0 aromatic rings. The van der Waals surface area contributed by atoms with E-state index < -0.39 is 36.6 Å². The number of unbranched alkanes of at least 4 members (excludes halogenated alkanes) is 16. The Morgan fingerprint density at radius 2 is 0.939 bits per heavy atom. The molecule has 0 amide bonds. The number of aliphatic hydroxyl groups excluding tert-OH is 4. The first kappa shape index (κ1) is 46.3.